The van der Waals surface area contributed by atoms with Crippen molar-refractivity contribution in [2.45, 2.75) is 26.8 Å². The molecule has 0 saturated carbocycles. The maximum absolute atomic E-state index is 12.3. The quantitative estimate of drug-likeness (QED) is 0.841. The minimum absolute atomic E-state index is 0.155. The zero-order valence-electron chi connectivity index (χ0n) is 13.7. The van der Waals surface area contributed by atoms with Gasteiger partial charge in [0.1, 0.15) is 0 Å². The molecule has 0 saturated heterocycles. The van der Waals surface area contributed by atoms with Crippen LogP contribution in [0.5, 0.6) is 0 Å². The molecule has 23 heavy (non-hydrogen) atoms. The molecule has 1 rings (SSSR count). The van der Waals surface area contributed by atoms with Gasteiger partial charge >= 0.3 is 18.0 Å². The second-order valence-electron chi connectivity index (χ2n) is 4.83. The van der Waals surface area contributed by atoms with Gasteiger partial charge in [0.05, 0.1) is 0 Å². The lowest BCUT2D eigenvalue weighted by Gasteiger charge is -2.28. The number of carbonyl (C=O) groups is 3. The predicted molar refractivity (Wildman–Crippen MR) is 86.0 cm³/mol. The molecule has 7 heteroatoms. The number of amides is 4. The van der Waals surface area contributed by atoms with E-state index in [0.717, 1.165) is 4.90 Å². The van der Waals surface area contributed by atoms with Crippen LogP contribution in [0.1, 0.15) is 32.4 Å². The molecule has 1 aromatic rings. The van der Waals surface area contributed by atoms with Gasteiger partial charge in [0.2, 0.25) is 0 Å². The van der Waals surface area contributed by atoms with Crippen LogP contribution in [0.2, 0.25) is 0 Å². The Morgan fingerprint density at radius 1 is 1.04 bits per heavy atom. The van der Waals surface area contributed by atoms with Gasteiger partial charge in [0, 0.05) is 19.6 Å². The summed E-state index contributed by atoms with van der Waals surface area (Å²) in [5, 5.41) is 11.7. The van der Waals surface area contributed by atoms with Gasteiger partial charge in [-0.25, -0.2) is 19.3 Å². The summed E-state index contributed by atoms with van der Waals surface area (Å²) in [5.41, 5.74) is 0.444. The van der Waals surface area contributed by atoms with E-state index in [2.05, 4.69) is 5.32 Å². The second-order valence-corrected chi connectivity index (χ2v) is 4.83. The Morgan fingerprint density at radius 3 is 2.04 bits per heavy atom. The highest BCUT2D eigenvalue weighted by Crippen LogP contribution is 2.13. The molecule has 0 bridgehead atoms. The van der Waals surface area contributed by atoms with Crippen molar-refractivity contribution in [2.24, 2.45) is 0 Å². The topological polar surface area (TPSA) is 90.0 Å². The first-order valence-electron chi connectivity index (χ1n) is 7.60. The Kier molecular flexibility index (Phi) is 7.05. The first kappa shape index (κ1) is 18.5. The molecular weight excluding hydrogens is 298 g/mol. The third-order valence-corrected chi connectivity index (χ3v) is 3.47. The summed E-state index contributed by atoms with van der Waals surface area (Å²) in [7, 11) is 0. The lowest BCUT2D eigenvalue weighted by Crippen LogP contribution is -2.51. The highest BCUT2D eigenvalue weighted by Gasteiger charge is 2.28. The third kappa shape index (κ3) is 4.70. The lowest BCUT2D eigenvalue weighted by molar-refractivity contribution is -0.139. The van der Waals surface area contributed by atoms with Crippen LogP contribution in [-0.4, -0.2) is 52.6 Å². The van der Waals surface area contributed by atoms with E-state index in [1.807, 2.05) is 13.8 Å². The number of hydrogen-bond acceptors (Lipinski definition) is 3. The standard InChI is InChI=1S/C16H23N3O4/c1-4-18(5-2)16(23)19(6-3)15(22)17-13(14(20)21)12-10-8-7-9-11-12/h7-11,13H,4-6H2,1-3H3,(H,17,22)(H,20,21). The van der Waals surface area contributed by atoms with Crippen LogP contribution in [0.25, 0.3) is 0 Å². The molecule has 0 aliphatic carbocycles. The van der Waals surface area contributed by atoms with E-state index < -0.39 is 24.1 Å². The minimum atomic E-state index is -1.21. The summed E-state index contributed by atoms with van der Waals surface area (Å²) in [5.74, 6) is -1.18. The molecule has 126 valence electrons. The van der Waals surface area contributed by atoms with Gasteiger partial charge in [-0.15, -0.1) is 0 Å². The fourth-order valence-electron chi connectivity index (χ4n) is 2.17. The Hall–Kier alpha value is -2.57. The molecular formula is C16H23N3O4. The molecule has 0 aromatic heterocycles. The molecule has 2 N–H and O–H groups in total. The van der Waals surface area contributed by atoms with Gasteiger partial charge in [0.15, 0.2) is 6.04 Å². The molecule has 1 aromatic carbocycles. The van der Waals surface area contributed by atoms with Crippen LogP contribution in [0.4, 0.5) is 9.59 Å². The van der Waals surface area contributed by atoms with Crippen LogP contribution in [0.3, 0.4) is 0 Å². The van der Waals surface area contributed by atoms with E-state index in [4.69, 9.17) is 0 Å². The van der Waals surface area contributed by atoms with Crippen molar-refractivity contribution in [2.75, 3.05) is 19.6 Å². The van der Waals surface area contributed by atoms with Crippen LogP contribution in [0.15, 0.2) is 30.3 Å². The predicted octanol–water partition coefficient (Wildman–Crippen LogP) is 2.31. The molecule has 4 amide bonds. The number of nitrogens with one attached hydrogen (secondary N) is 1. The van der Waals surface area contributed by atoms with Gasteiger partial charge in [-0.1, -0.05) is 30.3 Å². The number of rotatable bonds is 6. The number of benzene rings is 1. The summed E-state index contributed by atoms with van der Waals surface area (Å²) < 4.78 is 0. The fraction of sp³-hybridized carbons (Fsp3) is 0.438. The molecule has 0 spiro atoms. The Labute approximate surface area is 135 Å². The van der Waals surface area contributed by atoms with Crippen LogP contribution in [-0.2, 0) is 4.79 Å². The summed E-state index contributed by atoms with van der Waals surface area (Å²) >= 11 is 0. The van der Waals surface area contributed by atoms with E-state index in [1.54, 1.807) is 37.3 Å². The smallest absolute Gasteiger partial charge is 0.330 e. The first-order valence-corrected chi connectivity index (χ1v) is 7.60. The number of carboxylic acid groups (broad SMARTS) is 1. The summed E-state index contributed by atoms with van der Waals surface area (Å²) in [6.45, 7) is 6.40. The number of hydrogen-bond donors (Lipinski definition) is 2. The molecule has 0 radical (unpaired) electrons. The number of carboxylic acids is 1. The van der Waals surface area contributed by atoms with Crippen molar-refractivity contribution < 1.29 is 19.5 Å². The number of nitrogens with zero attached hydrogens (tertiary/aromatic N) is 2. The fourth-order valence-corrected chi connectivity index (χ4v) is 2.17. The molecule has 0 aliphatic heterocycles. The number of imide groups is 1. The first-order chi connectivity index (χ1) is 11.0. The monoisotopic (exact) mass is 321 g/mol. The van der Waals surface area contributed by atoms with E-state index in [1.165, 1.54) is 4.90 Å². The Bertz CT molecular complexity index is 544. The normalized spacial score (nSPS) is 11.4. The summed E-state index contributed by atoms with van der Waals surface area (Å²) in [6.07, 6.45) is 0. The van der Waals surface area contributed by atoms with Crippen LogP contribution >= 0.6 is 0 Å². The van der Waals surface area contributed by atoms with Crippen molar-refractivity contribution >= 4 is 18.0 Å². The van der Waals surface area contributed by atoms with Crippen molar-refractivity contribution in [3.05, 3.63) is 35.9 Å². The van der Waals surface area contributed by atoms with E-state index in [0.29, 0.717) is 18.7 Å². The Balaban J connectivity index is 2.92. The largest absolute Gasteiger partial charge is 0.479 e. The maximum Gasteiger partial charge on any atom is 0.330 e. The van der Waals surface area contributed by atoms with E-state index >= 15 is 0 Å². The Morgan fingerprint density at radius 2 is 1.61 bits per heavy atom. The van der Waals surface area contributed by atoms with Crippen molar-refractivity contribution in [3.63, 3.8) is 0 Å². The van der Waals surface area contributed by atoms with Gasteiger partial charge < -0.3 is 15.3 Å². The number of carbonyl (C=O) groups excluding carboxylic acids is 2. The second kappa shape index (κ2) is 8.77. The number of urea groups is 2. The average molecular weight is 321 g/mol. The summed E-state index contributed by atoms with van der Waals surface area (Å²) in [6, 6.07) is 6.00. The highest BCUT2D eigenvalue weighted by atomic mass is 16.4. The van der Waals surface area contributed by atoms with Crippen molar-refractivity contribution in [1.29, 1.82) is 0 Å². The van der Waals surface area contributed by atoms with Crippen LogP contribution < -0.4 is 5.32 Å². The van der Waals surface area contributed by atoms with Crippen molar-refractivity contribution in [3.8, 4) is 0 Å². The van der Waals surface area contributed by atoms with E-state index in [9.17, 15) is 19.5 Å². The molecule has 0 aliphatic rings. The molecule has 1 unspecified atom stereocenters. The molecule has 1 atom stereocenters. The molecule has 7 nitrogen and oxygen atoms in total. The number of aliphatic carboxylic acids is 1. The molecule has 0 fully saturated rings. The van der Waals surface area contributed by atoms with E-state index in [-0.39, 0.29) is 6.54 Å². The highest BCUT2D eigenvalue weighted by molar-refractivity contribution is 5.95. The summed E-state index contributed by atoms with van der Waals surface area (Å²) in [4.78, 5) is 38.6. The zero-order chi connectivity index (χ0) is 17.4. The SMILES string of the molecule is CCN(CC)C(=O)N(CC)C(=O)NC(C(=O)O)c1ccccc1. The average Bonchev–Trinajstić information content (AvgIpc) is 2.55. The van der Waals surface area contributed by atoms with Gasteiger partial charge in [0.25, 0.3) is 0 Å². The third-order valence-electron chi connectivity index (χ3n) is 3.47. The van der Waals surface area contributed by atoms with Gasteiger partial charge in [-0.2, -0.15) is 0 Å². The maximum atomic E-state index is 12.3. The van der Waals surface area contributed by atoms with Crippen LogP contribution in [0, 0.1) is 0 Å². The zero-order valence-corrected chi connectivity index (χ0v) is 13.7. The minimum Gasteiger partial charge on any atom is -0.479 e. The molecule has 0 heterocycles. The van der Waals surface area contributed by atoms with Gasteiger partial charge in [-0.05, 0) is 26.3 Å². The van der Waals surface area contributed by atoms with Crippen molar-refractivity contribution in [1.82, 2.24) is 15.1 Å². The van der Waals surface area contributed by atoms with Gasteiger partial charge in [-0.3, -0.25) is 0 Å². The lowest BCUT2D eigenvalue weighted by atomic mass is 10.1.